The number of sulfonamides is 1. The highest BCUT2D eigenvalue weighted by Crippen LogP contribution is 2.23. The van der Waals surface area contributed by atoms with Crippen molar-refractivity contribution in [3.05, 3.63) is 23.3 Å². The average Bonchev–Trinajstić information content (AvgIpc) is 2.42. The first-order valence-electron chi connectivity index (χ1n) is 6.45. The minimum absolute atomic E-state index is 0.141. The fourth-order valence-corrected chi connectivity index (χ4v) is 3.64. The number of hydrogen-bond acceptors (Lipinski definition) is 6. The Kier molecular flexibility index (Phi) is 6.56. The highest BCUT2D eigenvalue weighted by molar-refractivity contribution is 7.89. The molecule has 0 aliphatic rings. The predicted molar refractivity (Wildman–Crippen MR) is 81.6 cm³/mol. The number of rotatable bonds is 8. The van der Waals surface area contributed by atoms with E-state index >= 15 is 0 Å². The lowest BCUT2D eigenvalue weighted by Crippen LogP contribution is -2.36. The van der Waals surface area contributed by atoms with Crippen LogP contribution in [-0.4, -0.2) is 41.9 Å². The van der Waals surface area contributed by atoms with Gasteiger partial charge in [0.05, 0.1) is 17.6 Å². The zero-order valence-electron chi connectivity index (χ0n) is 12.8. The van der Waals surface area contributed by atoms with Crippen molar-refractivity contribution in [3.8, 4) is 0 Å². The lowest BCUT2D eigenvalue weighted by atomic mass is 10.1. The molecule has 21 heavy (non-hydrogen) atoms. The molecule has 0 aromatic heterocycles. The molecule has 0 saturated heterocycles. The second kappa shape index (κ2) is 7.71. The maximum Gasteiger partial charge on any atom is 0.241 e. The lowest BCUT2D eigenvalue weighted by Gasteiger charge is -2.17. The highest BCUT2D eigenvalue weighted by atomic mass is 32.2. The SMILES string of the molecule is COCC(CNS(=O)(=O)c1c(C)cc(NN)cc1C)OC. The molecule has 7 nitrogen and oxygen atoms in total. The summed E-state index contributed by atoms with van der Waals surface area (Å²) in [5, 5.41) is 0. The molecule has 0 heterocycles. The van der Waals surface area contributed by atoms with Crippen LogP contribution < -0.4 is 16.0 Å². The summed E-state index contributed by atoms with van der Waals surface area (Å²) in [6.45, 7) is 3.91. The van der Waals surface area contributed by atoms with E-state index < -0.39 is 10.0 Å². The van der Waals surface area contributed by atoms with E-state index in [4.69, 9.17) is 15.3 Å². The summed E-state index contributed by atoms with van der Waals surface area (Å²) in [6, 6.07) is 3.37. The summed E-state index contributed by atoms with van der Waals surface area (Å²) < 4.78 is 37.5. The third-order valence-corrected chi connectivity index (χ3v) is 4.81. The molecule has 0 fully saturated rings. The zero-order valence-corrected chi connectivity index (χ0v) is 13.6. The molecule has 0 amide bonds. The van der Waals surface area contributed by atoms with Gasteiger partial charge in [0.15, 0.2) is 0 Å². The summed E-state index contributed by atoms with van der Waals surface area (Å²) in [7, 11) is -0.579. The van der Waals surface area contributed by atoms with Gasteiger partial charge in [0, 0.05) is 26.5 Å². The third kappa shape index (κ3) is 4.65. The standard InChI is InChI=1S/C13H23N3O4S/c1-9-5-11(16-14)6-10(2)13(9)21(17,18)15-7-12(20-4)8-19-3/h5-6,12,15-16H,7-8,14H2,1-4H3. The number of nitrogen functional groups attached to an aromatic ring is 1. The first-order valence-corrected chi connectivity index (χ1v) is 7.93. The van der Waals surface area contributed by atoms with E-state index in [-0.39, 0.29) is 17.5 Å². The molecule has 1 aromatic rings. The molecule has 1 rings (SSSR count). The minimum Gasteiger partial charge on any atom is -0.382 e. The largest absolute Gasteiger partial charge is 0.382 e. The molecule has 0 spiro atoms. The highest BCUT2D eigenvalue weighted by Gasteiger charge is 2.21. The number of hydrogen-bond donors (Lipinski definition) is 3. The molecule has 1 atom stereocenters. The van der Waals surface area contributed by atoms with Crippen LogP contribution >= 0.6 is 0 Å². The minimum atomic E-state index is -3.62. The van der Waals surface area contributed by atoms with E-state index in [1.54, 1.807) is 26.0 Å². The van der Waals surface area contributed by atoms with Gasteiger partial charge in [0.2, 0.25) is 10.0 Å². The smallest absolute Gasteiger partial charge is 0.241 e. The van der Waals surface area contributed by atoms with Crippen LogP contribution in [0, 0.1) is 13.8 Å². The van der Waals surface area contributed by atoms with Gasteiger partial charge in [-0.3, -0.25) is 5.84 Å². The molecule has 0 bridgehead atoms. The summed E-state index contributed by atoms with van der Waals surface area (Å²) in [5.41, 5.74) is 4.42. The van der Waals surface area contributed by atoms with Crippen LogP contribution in [0.2, 0.25) is 0 Å². The van der Waals surface area contributed by atoms with E-state index in [9.17, 15) is 8.42 Å². The molecule has 1 unspecified atom stereocenters. The lowest BCUT2D eigenvalue weighted by molar-refractivity contribution is 0.0320. The monoisotopic (exact) mass is 317 g/mol. The van der Waals surface area contributed by atoms with Crippen molar-refractivity contribution in [3.63, 3.8) is 0 Å². The first kappa shape index (κ1) is 17.9. The van der Waals surface area contributed by atoms with Gasteiger partial charge in [-0.25, -0.2) is 13.1 Å². The van der Waals surface area contributed by atoms with Crippen molar-refractivity contribution >= 4 is 15.7 Å². The molecule has 120 valence electrons. The number of anilines is 1. The Morgan fingerprint density at radius 2 is 1.81 bits per heavy atom. The number of hydrazine groups is 1. The molecular formula is C13H23N3O4S. The quantitative estimate of drug-likeness (QED) is 0.477. The van der Waals surface area contributed by atoms with Crippen molar-refractivity contribution in [1.82, 2.24) is 4.72 Å². The Morgan fingerprint density at radius 1 is 1.24 bits per heavy atom. The van der Waals surface area contributed by atoms with Gasteiger partial charge < -0.3 is 14.9 Å². The molecule has 0 aliphatic heterocycles. The van der Waals surface area contributed by atoms with Gasteiger partial charge in [-0.15, -0.1) is 0 Å². The second-order valence-corrected chi connectivity index (χ2v) is 6.45. The average molecular weight is 317 g/mol. The Hall–Kier alpha value is -1.19. The maximum absolute atomic E-state index is 12.4. The Morgan fingerprint density at radius 3 is 2.24 bits per heavy atom. The van der Waals surface area contributed by atoms with E-state index in [2.05, 4.69) is 10.1 Å². The molecular weight excluding hydrogens is 294 g/mol. The number of nitrogens with one attached hydrogen (secondary N) is 2. The molecule has 0 aliphatic carbocycles. The van der Waals surface area contributed by atoms with Crippen molar-refractivity contribution in [1.29, 1.82) is 0 Å². The molecule has 8 heteroatoms. The Labute approximate surface area is 125 Å². The van der Waals surface area contributed by atoms with Crippen LogP contribution in [-0.2, 0) is 19.5 Å². The fraction of sp³-hybridized carbons (Fsp3) is 0.538. The molecule has 0 radical (unpaired) electrons. The van der Waals surface area contributed by atoms with Gasteiger partial charge in [-0.05, 0) is 37.1 Å². The second-order valence-electron chi connectivity index (χ2n) is 4.75. The van der Waals surface area contributed by atoms with Gasteiger partial charge in [-0.2, -0.15) is 0 Å². The van der Waals surface area contributed by atoms with Crippen molar-refractivity contribution in [2.75, 3.05) is 32.8 Å². The van der Waals surface area contributed by atoms with Gasteiger partial charge in [0.1, 0.15) is 0 Å². The zero-order chi connectivity index (χ0) is 16.0. The van der Waals surface area contributed by atoms with Gasteiger partial charge in [-0.1, -0.05) is 0 Å². The normalized spacial score (nSPS) is 13.2. The summed E-state index contributed by atoms with van der Waals surface area (Å²) >= 11 is 0. The maximum atomic E-state index is 12.4. The Balaban J connectivity index is 2.98. The topological polar surface area (TPSA) is 103 Å². The van der Waals surface area contributed by atoms with Crippen molar-refractivity contribution in [2.45, 2.75) is 24.8 Å². The molecule has 0 saturated carbocycles. The third-order valence-electron chi connectivity index (χ3n) is 3.08. The van der Waals surface area contributed by atoms with Crippen LogP contribution in [0.25, 0.3) is 0 Å². The van der Waals surface area contributed by atoms with Crippen LogP contribution in [0.3, 0.4) is 0 Å². The number of methoxy groups -OCH3 is 2. The van der Waals surface area contributed by atoms with Crippen LogP contribution in [0.15, 0.2) is 17.0 Å². The van der Waals surface area contributed by atoms with Crippen LogP contribution in [0.4, 0.5) is 5.69 Å². The number of nitrogens with two attached hydrogens (primary N) is 1. The first-order chi connectivity index (χ1) is 9.85. The van der Waals surface area contributed by atoms with E-state index in [1.165, 1.54) is 14.2 Å². The molecule has 4 N–H and O–H groups in total. The predicted octanol–water partition coefficient (Wildman–Crippen LogP) is 0.529. The van der Waals surface area contributed by atoms with E-state index in [1.807, 2.05) is 0 Å². The van der Waals surface area contributed by atoms with Crippen molar-refractivity contribution in [2.24, 2.45) is 5.84 Å². The number of aryl methyl sites for hydroxylation is 2. The number of benzene rings is 1. The van der Waals surface area contributed by atoms with Crippen LogP contribution in [0.5, 0.6) is 0 Å². The van der Waals surface area contributed by atoms with Crippen LogP contribution in [0.1, 0.15) is 11.1 Å². The van der Waals surface area contributed by atoms with Gasteiger partial charge in [0.25, 0.3) is 0 Å². The molecule has 1 aromatic carbocycles. The van der Waals surface area contributed by atoms with E-state index in [0.29, 0.717) is 23.4 Å². The summed E-state index contributed by atoms with van der Waals surface area (Å²) in [4.78, 5) is 0.258. The fourth-order valence-electron chi connectivity index (χ4n) is 2.13. The number of ether oxygens (including phenoxy) is 2. The van der Waals surface area contributed by atoms with Crippen molar-refractivity contribution < 1.29 is 17.9 Å². The summed E-state index contributed by atoms with van der Waals surface area (Å²) in [5.74, 6) is 5.35. The Bertz CT molecular complexity index is 552. The van der Waals surface area contributed by atoms with Gasteiger partial charge >= 0.3 is 0 Å². The summed E-state index contributed by atoms with van der Waals surface area (Å²) in [6.07, 6.45) is -0.338. The van der Waals surface area contributed by atoms with E-state index in [0.717, 1.165) is 0 Å².